The lowest BCUT2D eigenvalue weighted by atomic mass is 10.0. The van der Waals surface area contributed by atoms with Gasteiger partial charge in [0.15, 0.2) is 0 Å². The van der Waals surface area contributed by atoms with E-state index in [2.05, 4.69) is 31.0 Å². The van der Waals surface area contributed by atoms with Crippen molar-refractivity contribution in [2.45, 2.75) is 52.2 Å². The summed E-state index contributed by atoms with van der Waals surface area (Å²) in [4.78, 5) is 20.8. The molecular formula is C31H39F3N7O4P. The first-order valence-corrected chi connectivity index (χ1v) is 15.5. The molecule has 0 radical (unpaired) electrons. The number of alkyl halides is 3. The molecule has 0 fully saturated rings. The van der Waals surface area contributed by atoms with Gasteiger partial charge < -0.3 is 30.7 Å². The molecule has 15 heteroatoms. The number of aliphatic hydroxyl groups is 2. The Hall–Kier alpha value is -4.10. The molecule has 11 nitrogen and oxygen atoms in total. The Balaban J connectivity index is 0.00000185. The Morgan fingerprint density at radius 1 is 1.04 bits per heavy atom. The first kappa shape index (κ1) is 36.4. The van der Waals surface area contributed by atoms with Crippen LogP contribution in [0.1, 0.15) is 49.2 Å². The smallest absolute Gasteiger partial charge is 0.397 e. The number of carbonyl (C=O) groups excluding carboxylic acids is 1. The Labute approximate surface area is 267 Å². The molecule has 0 aliphatic rings. The Morgan fingerprint density at radius 3 is 2.35 bits per heavy atom. The lowest BCUT2D eigenvalue weighted by Crippen LogP contribution is -2.26. The van der Waals surface area contributed by atoms with Crippen molar-refractivity contribution < 1.29 is 32.7 Å². The number of halogens is 3. The second kappa shape index (κ2) is 16.5. The summed E-state index contributed by atoms with van der Waals surface area (Å²) in [5.74, 6) is -1.09. The predicted octanol–water partition coefficient (Wildman–Crippen LogP) is 6.11. The summed E-state index contributed by atoms with van der Waals surface area (Å²) in [5.41, 5.74) is 1.05. The lowest BCUT2D eigenvalue weighted by Gasteiger charge is -2.17. The highest BCUT2D eigenvalue weighted by atomic mass is 31.1. The number of anilines is 4. The molecule has 46 heavy (non-hydrogen) atoms. The van der Waals surface area contributed by atoms with Crippen molar-refractivity contribution in [3.05, 3.63) is 77.7 Å². The zero-order valence-electron chi connectivity index (χ0n) is 26.2. The number of benzene rings is 2. The Kier molecular flexibility index (Phi) is 13.0. The van der Waals surface area contributed by atoms with Crippen LogP contribution >= 0.6 is 8.81 Å². The van der Waals surface area contributed by atoms with Crippen LogP contribution in [0.15, 0.2) is 61.1 Å². The van der Waals surface area contributed by atoms with Crippen LogP contribution in [-0.4, -0.2) is 61.7 Å². The number of nitrogens with one attached hydrogen (secondary N) is 3. The van der Waals surface area contributed by atoms with E-state index < -0.39 is 29.1 Å². The molecule has 2 aromatic carbocycles. The minimum Gasteiger partial charge on any atom is -0.397 e. The van der Waals surface area contributed by atoms with Gasteiger partial charge in [0, 0.05) is 58.9 Å². The van der Waals surface area contributed by atoms with E-state index in [1.807, 2.05) is 19.1 Å². The van der Waals surface area contributed by atoms with E-state index in [4.69, 9.17) is 9.63 Å². The maximum atomic E-state index is 14.0. The van der Waals surface area contributed by atoms with Crippen LogP contribution < -0.4 is 16.0 Å². The molecule has 4 rings (SSSR count). The quantitative estimate of drug-likeness (QED) is 0.0897. The SMILES string of the molecule is CCO.CCOPCc1ccc(Nc2ncc(C(F)(F)F)c(Nc3ccc(-c4cnn(CC(C)(C)O)c4)cc3C(=O)NC)n2)cc1. The highest BCUT2D eigenvalue weighted by Gasteiger charge is 2.35. The molecule has 0 aliphatic heterocycles. The fourth-order valence-electron chi connectivity index (χ4n) is 4.09. The number of aromatic nitrogens is 4. The molecule has 0 saturated carbocycles. The van der Waals surface area contributed by atoms with Gasteiger partial charge in [-0.25, -0.2) is 4.98 Å². The topological polar surface area (TPSA) is 146 Å². The van der Waals surface area contributed by atoms with Gasteiger partial charge in [-0.2, -0.15) is 23.3 Å². The van der Waals surface area contributed by atoms with Crippen molar-refractivity contribution >= 4 is 37.9 Å². The third kappa shape index (κ3) is 10.8. The van der Waals surface area contributed by atoms with E-state index in [9.17, 15) is 23.1 Å². The largest absolute Gasteiger partial charge is 0.421 e. The monoisotopic (exact) mass is 661 g/mol. The van der Waals surface area contributed by atoms with E-state index in [0.717, 1.165) is 11.7 Å². The fourth-order valence-corrected chi connectivity index (χ4v) is 4.80. The fraction of sp³-hybridized carbons (Fsp3) is 0.355. The predicted molar refractivity (Wildman–Crippen MR) is 174 cm³/mol. The van der Waals surface area contributed by atoms with Gasteiger partial charge in [-0.3, -0.25) is 9.48 Å². The standard InChI is InChI=1S/C29H33F3N7O3P.C2H6O/c1-5-42-43-16-18-6-9-21(10-7-18)36-27-34-14-23(29(30,31)32)25(38-27)37-24-11-8-19(12-22(24)26(40)33-4)20-13-35-39(15-20)17-28(2,3)41;1-2-3/h6-15,41,43H,5,16-17H2,1-4H3,(H,33,40)(H2,34,36,37,38);3H,2H2,1H3. The highest BCUT2D eigenvalue weighted by Crippen LogP contribution is 2.36. The number of hydrogen-bond acceptors (Lipinski definition) is 9. The minimum atomic E-state index is -4.76. The van der Waals surface area contributed by atoms with Gasteiger partial charge in [-0.15, -0.1) is 0 Å². The molecule has 1 unspecified atom stereocenters. The molecule has 0 bridgehead atoms. The molecule has 1 amide bonds. The molecule has 0 aliphatic carbocycles. The molecule has 2 heterocycles. The average molecular weight is 662 g/mol. The third-order valence-corrected chi connectivity index (χ3v) is 7.13. The second-order valence-corrected chi connectivity index (χ2v) is 11.5. The van der Waals surface area contributed by atoms with Crippen molar-refractivity contribution in [3.8, 4) is 11.1 Å². The normalized spacial score (nSPS) is 11.7. The lowest BCUT2D eigenvalue weighted by molar-refractivity contribution is -0.137. The van der Waals surface area contributed by atoms with E-state index in [0.29, 0.717) is 38.4 Å². The van der Waals surface area contributed by atoms with Crippen LogP contribution in [0, 0.1) is 0 Å². The molecular weight excluding hydrogens is 622 g/mol. The van der Waals surface area contributed by atoms with Crippen LogP contribution in [0.4, 0.5) is 36.3 Å². The van der Waals surface area contributed by atoms with Gasteiger partial charge in [0.1, 0.15) is 11.4 Å². The summed E-state index contributed by atoms with van der Waals surface area (Å²) in [5, 5.41) is 30.1. The van der Waals surface area contributed by atoms with E-state index in [-0.39, 0.29) is 30.4 Å². The van der Waals surface area contributed by atoms with Crippen LogP contribution in [-0.2, 0) is 23.4 Å². The van der Waals surface area contributed by atoms with Gasteiger partial charge in [-0.05, 0) is 63.1 Å². The van der Waals surface area contributed by atoms with Crippen molar-refractivity contribution in [1.29, 1.82) is 0 Å². The first-order valence-electron chi connectivity index (χ1n) is 14.4. The Morgan fingerprint density at radius 2 is 1.74 bits per heavy atom. The first-order chi connectivity index (χ1) is 21.8. The van der Waals surface area contributed by atoms with Crippen molar-refractivity contribution in [2.75, 3.05) is 30.9 Å². The van der Waals surface area contributed by atoms with Crippen LogP contribution in [0.3, 0.4) is 0 Å². The van der Waals surface area contributed by atoms with Crippen molar-refractivity contribution in [3.63, 3.8) is 0 Å². The van der Waals surface area contributed by atoms with Crippen molar-refractivity contribution in [2.24, 2.45) is 0 Å². The molecule has 4 aromatic rings. The van der Waals surface area contributed by atoms with Crippen LogP contribution in [0.25, 0.3) is 11.1 Å². The zero-order valence-corrected chi connectivity index (χ0v) is 27.2. The zero-order chi connectivity index (χ0) is 33.9. The summed E-state index contributed by atoms with van der Waals surface area (Å²) in [6, 6.07) is 12.1. The average Bonchev–Trinajstić information content (AvgIpc) is 3.45. The molecule has 0 saturated heterocycles. The van der Waals surface area contributed by atoms with Gasteiger partial charge in [0.25, 0.3) is 5.91 Å². The number of carbonyl (C=O) groups is 1. The van der Waals surface area contributed by atoms with Gasteiger partial charge in [0.2, 0.25) is 5.95 Å². The number of rotatable bonds is 12. The number of hydrogen-bond donors (Lipinski definition) is 5. The van der Waals surface area contributed by atoms with E-state index in [1.54, 1.807) is 62.1 Å². The number of nitrogens with zero attached hydrogens (tertiary/aromatic N) is 4. The molecule has 5 N–H and O–H groups in total. The van der Waals surface area contributed by atoms with E-state index in [1.165, 1.54) is 13.1 Å². The number of aliphatic hydroxyl groups excluding tert-OH is 1. The van der Waals surface area contributed by atoms with Gasteiger partial charge in [-0.1, -0.05) is 18.2 Å². The minimum absolute atomic E-state index is 0.0585. The summed E-state index contributed by atoms with van der Waals surface area (Å²) in [7, 11) is 1.77. The van der Waals surface area contributed by atoms with E-state index >= 15 is 0 Å². The summed E-state index contributed by atoms with van der Waals surface area (Å²) in [6.07, 6.45) is -0.0112. The number of amides is 1. The molecule has 1 atom stereocenters. The Bertz CT molecular complexity index is 1580. The molecule has 248 valence electrons. The molecule has 2 aromatic heterocycles. The maximum absolute atomic E-state index is 14.0. The van der Waals surface area contributed by atoms with Crippen molar-refractivity contribution in [1.82, 2.24) is 25.1 Å². The highest BCUT2D eigenvalue weighted by molar-refractivity contribution is 7.31. The summed E-state index contributed by atoms with van der Waals surface area (Å²) < 4.78 is 48.8. The maximum Gasteiger partial charge on any atom is 0.421 e. The van der Waals surface area contributed by atoms with Gasteiger partial charge >= 0.3 is 6.18 Å². The van der Waals surface area contributed by atoms with Crippen LogP contribution in [0.2, 0.25) is 0 Å². The van der Waals surface area contributed by atoms with Crippen LogP contribution in [0.5, 0.6) is 0 Å². The molecule has 0 spiro atoms. The second-order valence-electron chi connectivity index (χ2n) is 10.5. The third-order valence-electron chi connectivity index (χ3n) is 6.09. The summed E-state index contributed by atoms with van der Waals surface area (Å²) in [6.45, 7) is 8.06. The summed E-state index contributed by atoms with van der Waals surface area (Å²) >= 11 is 0. The van der Waals surface area contributed by atoms with Gasteiger partial charge in [0.05, 0.1) is 29.6 Å².